The van der Waals surface area contributed by atoms with Gasteiger partial charge in [-0.3, -0.25) is 0 Å². The van der Waals surface area contributed by atoms with Gasteiger partial charge in [0.1, 0.15) is 10.7 Å². The largest absolute Gasteiger partial charge is 0.381 e. The Morgan fingerprint density at radius 3 is 2.62 bits per heavy atom. The van der Waals surface area contributed by atoms with Crippen molar-refractivity contribution < 1.29 is 13.2 Å². The fourth-order valence-electron chi connectivity index (χ4n) is 2.22. The number of hydrogen-bond donors (Lipinski definition) is 2. The lowest BCUT2D eigenvalue weighted by Crippen LogP contribution is -2.39. The van der Waals surface area contributed by atoms with Crippen LogP contribution < -0.4 is 10.0 Å². The van der Waals surface area contributed by atoms with E-state index in [0.29, 0.717) is 25.6 Å². The lowest BCUT2D eigenvalue weighted by Gasteiger charge is -2.33. The van der Waals surface area contributed by atoms with Gasteiger partial charge in [-0.15, -0.1) is 0 Å². The van der Waals surface area contributed by atoms with Crippen molar-refractivity contribution in [2.75, 3.05) is 31.6 Å². The molecule has 118 valence electrons. The van der Waals surface area contributed by atoms with Crippen molar-refractivity contribution >= 4 is 15.8 Å². The molecule has 2 rings (SSSR count). The van der Waals surface area contributed by atoms with Crippen molar-refractivity contribution in [3.8, 4) is 0 Å². The number of pyridine rings is 1. The first kappa shape index (κ1) is 16.2. The summed E-state index contributed by atoms with van der Waals surface area (Å²) in [6.07, 6.45) is 3.12. The quantitative estimate of drug-likeness (QED) is 0.834. The fourth-order valence-corrected chi connectivity index (χ4v) is 3.36. The van der Waals surface area contributed by atoms with Crippen LogP contribution in [0.25, 0.3) is 0 Å². The highest BCUT2D eigenvalue weighted by molar-refractivity contribution is 7.89. The second-order valence-corrected chi connectivity index (χ2v) is 7.42. The molecular formula is C14H23N3O3S. The summed E-state index contributed by atoms with van der Waals surface area (Å²) in [6, 6.07) is 3.24. The number of hydrogen-bond acceptors (Lipinski definition) is 5. The SMILES string of the molecule is CCNc1ccc(S(=O)(=O)NCC2(C)CCOCC2)cn1. The van der Waals surface area contributed by atoms with Crippen LogP contribution in [0.2, 0.25) is 0 Å². The molecule has 1 saturated heterocycles. The van der Waals surface area contributed by atoms with Gasteiger partial charge in [0, 0.05) is 32.5 Å². The molecule has 0 aromatic carbocycles. The van der Waals surface area contributed by atoms with E-state index in [1.54, 1.807) is 12.1 Å². The average Bonchev–Trinajstić information content (AvgIpc) is 2.47. The van der Waals surface area contributed by atoms with E-state index in [4.69, 9.17) is 4.74 Å². The van der Waals surface area contributed by atoms with Crippen LogP contribution >= 0.6 is 0 Å². The minimum Gasteiger partial charge on any atom is -0.381 e. The molecule has 0 amide bonds. The Labute approximate surface area is 126 Å². The Balaban J connectivity index is 2.00. The van der Waals surface area contributed by atoms with Crippen molar-refractivity contribution in [3.63, 3.8) is 0 Å². The summed E-state index contributed by atoms with van der Waals surface area (Å²) >= 11 is 0. The van der Waals surface area contributed by atoms with E-state index in [0.717, 1.165) is 19.4 Å². The van der Waals surface area contributed by atoms with Crippen LogP contribution in [-0.4, -0.2) is 39.7 Å². The van der Waals surface area contributed by atoms with Gasteiger partial charge in [0.05, 0.1) is 0 Å². The number of aromatic nitrogens is 1. The molecule has 2 heterocycles. The number of nitrogens with zero attached hydrogens (tertiary/aromatic N) is 1. The highest BCUT2D eigenvalue weighted by Crippen LogP contribution is 2.29. The maximum Gasteiger partial charge on any atom is 0.242 e. The lowest BCUT2D eigenvalue weighted by molar-refractivity contribution is 0.0264. The van der Waals surface area contributed by atoms with E-state index in [2.05, 4.69) is 21.9 Å². The Morgan fingerprint density at radius 2 is 2.05 bits per heavy atom. The van der Waals surface area contributed by atoms with Gasteiger partial charge in [-0.05, 0) is 37.3 Å². The van der Waals surface area contributed by atoms with Gasteiger partial charge in [0.15, 0.2) is 0 Å². The summed E-state index contributed by atoms with van der Waals surface area (Å²) in [6.45, 7) is 6.60. The first-order valence-corrected chi connectivity index (χ1v) is 8.71. The zero-order valence-corrected chi connectivity index (χ0v) is 13.4. The van der Waals surface area contributed by atoms with E-state index in [1.807, 2.05) is 6.92 Å². The molecule has 6 nitrogen and oxygen atoms in total. The van der Waals surface area contributed by atoms with Gasteiger partial charge in [0.2, 0.25) is 10.0 Å². The number of nitrogens with one attached hydrogen (secondary N) is 2. The predicted octanol–water partition coefficient (Wildman–Crippen LogP) is 1.61. The maximum atomic E-state index is 12.3. The van der Waals surface area contributed by atoms with Crippen molar-refractivity contribution in [2.45, 2.75) is 31.6 Å². The molecule has 1 aliphatic rings. The second-order valence-electron chi connectivity index (χ2n) is 5.66. The Bertz CT molecular complexity index is 551. The minimum atomic E-state index is -3.51. The van der Waals surface area contributed by atoms with Crippen LogP contribution in [0.1, 0.15) is 26.7 Å². The van der Waals surface area contributed by atoms with Crippen molar-refractivity contribution in [2.24, 2.45) is 5.41 Å². The topological polar surface area (TPSA) is 80.3 Å². The van der Waals surface area contributed by atoms with Gasteiger partial charge in [-0.25, -0.2) is 18.1 Å². The number of anilines is 1. The summed E-state index contributed by atoms with van der Waals surface area (Å²) in [4.78, 5) is 4.29. The standard InChI is InChI=1S/C14H23N3O3S/c1-3-15-13-5-4-12(10-16-13)21(18,19)17-11-14(2)6-8-20-9-7-14/h4-5,10,17H,3,6-9,11H2,1-2H3,(H,15,16). The lowest BCUT2D eigenvalue weighted by atomic mass is 9.83. The monoisotopic (exact) mass is 313 g/mol. The van der Waals surface area contributed by atoms with Crippen LogP contribution in [0.5, 0.6) is 0 Å². The van der Waals surface area contributed by atoms with E-state index in [1.165, 1.54) is 6.20 Å². The average molecular weight is 313 g/mol. The molecule has 0 atom stereocenters. The second kappa shape index (κ2) is 6.72. The summed E-state index contributed by atoms with van der Waals surface area (Å²) in [5, 5.41) is 3.04. The molecule has 0 unspecified atom stereocenters. The smallest absolute Gasteiger partial charge is 0.242 e. The summed E-state index contributed by atoms with van der Waals surface area (Å²) in [5.74, 6) is 0.674. The molecule has 7 heteroatoms. The molecule has 1 aromatic rings. The molecule has 0 bridgehead atoms. The molecule has 1 aromatic heterocycles. The third-order valence-corrected chi connectivity index (χ3v) is 5.18. The maximum absolute atomic E-state index is 12.3. The van der Waals surface area contributed by atoms with Crippen LogP contribution in [0.15, 0.2) is 23.2 Å². The van der Waals surface area contributed by atoms with Crippen molar-refractivity contribution in [3.05, 3.63) is 18.3 Å². The van der Waals surface area contributed by atoms with Gasteiger partial charge in [-0.1, -0.05) is 6.92 Å². The Morgan fingerprint density at radius 1 is 1.33 bits per heavy atom. The number of sulfonamides is 1. The minimum absolute atomic E-state index is 0.0392. The number of rotatable bonds is 6. The Hall–Kier alpha value is -1.18. The molecular weight excluding hydrogens is 290 g/mol. The van der Waals surface area contributed by atoms with Crippen molar-refractivity contribution in [1.82, 2.24) is 9.71 Å². The highest BCUT2D eigenvalue weighted by atomic mass is 32.2. The van der Waals surface area contributed by atoms with E-state index < -0.39 is 10.0 Å². The van der Waals surface area contributed by atoms with Crippen LogP contribution in [0.3, 0.4) is 0 Å². The summed E-state index contributed by atoms with van der Waals surface area (Å²) < 4.78 is 32.6. The van der Waals surface area contributed by atoms with Gasteiger partial charge < -0.3 is 10.1 Å². The van der Waals surface area contributed by atoms with E-state index >= 15 is 0 Å². The van der Waals surface area contributed by atoms with Gasteiger partial charge in [-0.2, -0.15) is 0 Å². The molecule has 21 heavy (non-hydrogen) atoms. The highest BCUT2D eigenvalue weighted by Gasteiger charge is 2.29. The third-order valence-electron chi connectivity index (χ3n) is 3.79. The third kappa shape index (κ3) is 4.39. The first-order chi connectivity index (χ1) is 9.95. The van der Waals surface area contributed by atoms with Crippen LogP contribution in [-0.2, 0) is 14.8 Å². The first-order valence-electron chi connectivity index (χ1n) is 7.22. The van der Waals surface area contributed by atoms with E-state index in [9.17, 15) is 8.42 Å². The van der Waals surface area contributed by atoms with Crippen LogP contribution in [0.4, 0.5) is 5.82 Å². The zero-order chi connectivity index (χ0) is 15.3. The van der Waals surface area contributed by atoms with Gasteiger partial charge in [0.25, 0.3) is 0 Å². The molecule has 0 radical (unpaired) electrons. The van der Waals surface area contributed by atoms with Crippen molar-refractivity contribution in [1.29, 1.82) is 0 Å². The molecule has 1 aliphatic heterocycles. The van der Waals surface area contributed by atoms with E-state index in [-0.39, 0.29) is 10.3 Å². The molecule has 1 fully saturated rings. The zero-order valence-electron chi connectivity index (χ0n) is 12.6. The fraction of sp³-hybridized carbons (Fsp3) is 0.643. The molecule has 0 spiro atoms. The predicted molar refractivity (Wildman–Crippen MR) is 81.7 cm³/mol. The molecule has 0 saturated carbocycles. The van der Waals surface area contributed by atoms with Gasteiger partial charge >= 0.3 is 0 Å². The summed E-state index contributed by atoms with van der Waals surface area (Å²) in [5.41, 5.74) is -0.0392. The Kier molecular flexibility index (Phi) is 5.18. The van der Waals surface area contributed by atoms with Crippen LogP contribution in [0, 0.1) is 5.41 Å². The number of ether oxygens (including phenoxy) is 1. The molecule has 0 aliphatic carbocycles. The summed E-state index contributed by atoms with van der Waals surface area (Å²) in [7, 11) is -3.51. The molecule has 2 N–H and O–H groups in total. The normalized spacial score (nSPS) is 18.4.